The van der Waals surface area contributed by atoms with Gasteiger partial charge in [-0.3, -0.25) is 4.98 Å². The zero-order chi connectivity index (χ0) is 13.3. The number of hydrogen-bond acceptors (Lipinski definition) is 3. The minimum Gasteiger partial charge on any atom is -0.492 e. The van der Waals surface area contributed by atoms with Crippen LogP contribution in [0.3, 0.4) is 0 Å². The lowest BCUT2D eigenvalue weighted by Gasteiger charge is -2.22. The number of aromatic nitrogens is 1. The smallest absolute Gasteiger partial charge is 0.137 e. The number of hydrogen-bond donors (Lipinski definition) is 1. The quantitative estimate of drug-likeness (QED) is 0.916. The molecular formula is C16H17NO2. The fraction of sp³-hybridized carbons (Fsp3) is 0.312. The summed E-state index contributed by atoms with van der Waals surface area (Å²) in [7, 11) is 0. The highest BCUT2D eigenvalue weighted by molar-refractivity contribution is 5.40. The molecular weight excluding hydrogens is 238 g/mol. The van der Waals surface area contributed by atoms with E-state index in [-0.39, 0.29) is 0 Å². The molecule has 1 aliphatic rings. The van der Waals surface area contributed by atoms with E-state index in [1.807, 2.05) is 25.1 Å². The van der Waals surface area contributed by atoms with Crippen LogP contribution < -0.4 is 4.74 Å². The van der Waals surface area contributed by atoms with Crippen molar-refractivity contribution in [1.82, 2.24) is 4.98 Å². The molecule has 2 aromatic rings. The summed E-state index contributed by atoms with van der Waals surface area (Å²) in [5.41, 5.74) is 2.40. The third-order valence-corrected chi connectivity index (χ3v) is 3.65. The molecule has 0 saturated heterocycles. The summed E-state index contributed by atoms with van der Waals surface area (Å²) in [4.78, 5) is 4.17. The van der Waals surface area contributed by atoms with Gasteiger partial charge in [-0.25, -0.2) is 0 Å². The Labute approximate surface area is 112 Å². The Hall–Kier alpha value is -1.87. The van der Waals surface area contributed by atoms with Crippen molar-refractivity contribution in [3.63, 3.8) is 0 Å². The lowest BCUT2D eigenvalue weighted by Crippen LogP contribution is -2.26. The second-order valence-corrected chi connectivity index (χ2v) is 5.00. The first kappa shape index (κ1) is 12.2. The Kier molecular flexibility index (Phi) is 2.99. The Bertz CT molecular complexity index is 570. The van der Waals surface area contributed by atoms with Crippen molar-refractivity contribution in [2.24, 2.45) is 0 Å². The molecule has 0 atom stereocenters. The molecule has 0 radical (unpaired) electrons. The van der Waals surface area contributed by atoms with Gasteiger partial charge in [-0.15, -0.1) is 0 Å². The largest absolute Gasteiger partial charge is 0.492 e. The molecule has 0 spiro atoms. The Balaban J connectivity index is 1.93. The van der Waals surface area contributed by atoms with Crippen LogP contribution >= 0.6 is 0 Å². The average Bonchev–Trinajstić information content (AvgIpc) is 2.77. The third kappa shape index (κ3) is 2.22. The fourth-order valence-corrected chi connectivity index (χ4v) is 2.72. The lowest BCUT2D eigenvalue weighted by atomic mass is 9.92. The molecule has 98 valence electrons. The van der Waals surface area contributed by atoms with Crippen molar-refractivity contribution in [3.8, 4) is 5.75 Å². The molecule has 0 amide bonds. The highest BCUT2D eigenvalue weighted by atomic mass is 16.5. The van der Waals surface area contributed by atoms with Gasteiger partial charge in [0.25, 0.3) is 0 Å². The average molecular weight is 255 g/mol. The van der Waals surface area contributed by atoms with Crippen molar-refractivity contribution in [2.45, 2.75) is 25.4 Å². The molecule has 3 heteroatoms. The third-order valence-electron chi connectivity index (χ3n) is 3.65. The first-order valence-corrected chi connectivity index (χ1v) is 6.59. The number of nitrogens with zero attached hydrogens (tertiary/aromatic N) is 1. The summed E-state index contributed by atoms with van der Waals surface area (Å²) in [6.07, 6.45) is 4.69. The first-order valence-electron chi connectivity index (χ1n) is 6.59. The summed E-state index contributed by atoms with van der Waals surface area (Å²) < 4.78 is 5.45. The van der Waals surface area contributed by atoms with Gasteiger partial charge < -0.3 is 9.84 Å². The first-order chi connectivity index (χ1) is 9.21. The van der Waals surface area contributed by atoms with Gasteiger partial charge in [0.05, 0.1) is 18.4 Å². The van der Waals surface area contributed by atoms with E-state index < -0.39 is 5.60 Å². The zero-order valence-corrected chi connectivity index (χ0v) is 11.0. The molecule has 1 aliphatic carbocycles. The predicted octanol–water partition coefficient (Wildman–Crippen LogP) is 2.47. The van der Waals surface area contributed by atoms with Gasteiger partial charge >= 0.3 is 0 Å². The number of rotatable bonds is 3. The van der Waals surface area contributed by atoms with Gasteiger partial charge in [0.2, 0.25) is 0 Å². The second kappa shape index (κ2) is 4.67. The molecule has 0 fully saturated rings. The molecule has 3 nitrogen and oxygen atoms in total. The van der Waals surface area contributed by atoms with E-state index in [9.17, 15) is 5.11 Å². The maximum Gasteiger partial charge on any atom is 0.137 e. The maximum absolute atomic E-state index is 10.9. The standard InChI is InChI=1S/C16H17NO2/c1-2-19-15-7-14(10-17-11-15)16(18)8-12-5-3-4-6-13(12)9-16/h3-7,10-11,18H,2,8-9H2,1H3. The van der Waals surface area contributed by atoms with Gasteiger partial charge in [-0.05, 0) is 24.1 Å². The van der Waals surface area contributed by atoms with E-state index in [0.717, 1.165) is 5.56 Å². The van der Waals surface area contributed by atoms with Gasteiger partial charge in [-0.2, -0.15) is 0 Å². The zero-order valence-electron chi connectivity index (χ0n) is 11.0. The second-order valence-electron chi connectivity index (χ2n) is 5.00. The molecule has 0 aliphatic heterocycles. The molecule has 1 aromatic heterocycles. The molecule has 3 rings (SSSR count). The molecule has 1 heterocycles. The van der Waals surface area contributed by atoms with E-state index in [1.54, 1.807) is 12.4 Å². The molecule has 1 N–H and O–H groups in total. The van der Waals surface area contributed by atoms with Crippen molar-refractivity contribution in [3.05, 3.63) is 59.4 Å². The molecule has 19 heavy (non-hydrogen) atoms. The van der Waals surface area contributed by atoms with Crippen LogP contribution in [0.2, 0.25) is 0 Å². The summed E-state index contributed by atoms with van der Waals surface area (Å²) in [6.45, 7) is 2.54. The predicted molar refractivity (Wildman–Crippen MR) is 73.2 cm³/mol. The fourth-order valence-electron chi connectivity index (χ4n) is 2.72. The molecule has 0 unspecified atom stereocenters. The van der Waals surface area contributed by atoms with Gasteiger partial charge in [0, 0.05) is 24.6 Å². The van der Waals surface area contributed by atoms with Crippen LogP contribution in [0, 0.1) is 0 Å². The molecule has 0 saturated carbocycles. The normalized spacial score (nSPS) is 16.1. The van der Waals surface area contributed by atoms with E-state index in [4.69, 9.17) is 4.74 Å². The van der Waals surface area contributed by atoms with Crippen LogP contribution in [-0.2, 0) is 18.4 Å². The van der Waals surface area contributed by atoms with E-state index in [2.05, 4.69) is 17.1 Å². The van der Waals surface area contributed by atoms with E-state index in [0.29, 0.717) is 25.2 Å². The van der Waals surface area contributed by atoms with Crippen molar-refractivity contribution >= 4 is 0 Å². The van der Waals surface area contributed by atoms with Crippen LogP contribution in [0.1, 0.15) is 23.6 Å². The number of ether oxygens (including phenoxy) is 1. The minimum atomic E-state index is -0.857. The van der Waals surface area contributed by atoms with Crippen molar-refractivity contribution in [2.75, 3.05) is 6.61 Å². The van der Waals surface area contributed by atoms with Gasteiger partial charge in [-0.1, -0.05) is 24.3 Å². The Morgan fingerprint density at radius 3 is 2.53 bits per heavy atom. The maximum atomic E-state index is 10.9. The lowest BCUT2D eigenvalue weighted by molar-refractivity contribution is 0.0476. The van der Waals surface area contributed by atoms with Crippen LogP contribution in [0.5, 0.6) is 5.75 Å². The molecule has 0 bridgehead atoms. The minimum absolute atomic E-state index is 0.601. The van der Waals surface area contributed by atoms with Crippen LogP contribution in [-0.4, -0.2) is 16.7 Å². The summed E-state index contributed by atoms with van der Waals surface area (Å²) in [6, 6.07) is 10.1. The monoisotopic (exact) mass is 255 g/mol. The highest BCUT2D eigenvalue weighted by Crippen LogP contribution is 2.38. The number of aliphatic hydroxyl groups is 1. The summed E-state index contributed by atoms with van der Waals surface area (Å²) in [5, 5.41) is 10.9. The SMILES string of the molecule is CCOc1cncc(C2(O)Cc3ccccc3C2)c1. The van der Waals surface area contributed by atoms with Gasteiger partial charge in [0.15, 0.2) is 0 Å². The molecule has 1 aromatic carbocycles. The summed E-state index contributed by atoms with van der Waals surface area (Å²) in [5.74, 6) is 0.712. The number of benzene rings is 1. The number of fused-ring (bicyclic) bond motifs is 1. The van der Waals surface area contributed by atoms with Crippen molar-refractivity contribution in [1.29, 1.82) is 0 Å². The van der Waals surface area contributed by atoms with Crippen LogP contribution in [0.4, 0.5) is 0 Å². The topological polar surface area (TPSA) is 42.4 Å². The highest BCUT2D eigenvalue weighted by Gasteiger charge is 2.37. The van der Waals surface area contributed by atoms with E-state index in [1.165, 1.54) is 11.1 Å². The van der Waals surface area contributed by atoms with Crippen LogP contribution in [0.15, 0.2) is 42.7 Å². The Morgan fingerprint density at radius 2 is 1.89 bits per heavy atom. The summed E-state index contributed by atoms with van der Waals surface area (Å²) >= 11 is 0. The Morgan fingerprint density at radius 1 is 1.21 bits per heavy atom. The van der Waals surface area contributed by atoms with Crippen LogP contribution in [0.25, 0.3) is 0 Å². The van der Waals surface area contributed by atoms with Gasteiger partial charge in [0.1, 0.15) is 5.75 Å². The number of pyridine rings is 1. The van der Waals surface area contributed by atoms with Crippen molar-refractivity contribution < 1.29 is 9.84 Å². The van der Waals surface area contributed by atoms with E-state index >= 15 is 0 Å².